The average Bonchev–Trinajstić information content (AvgIpc) is 2.28. The van der Waals surface area contributed by atoms with E-state index in [-0.39, 0.29) is 0 Å². The summed E-state index contributed by atoms with van der Waals surface area (Å²) in [5.74, 6) is 0.352. The van der Waals surface area contributed by atoms with Crippen molar-refractivity contribution in [2.24, 2.45) is 0 Å². The van der Waals surface area contributed by atoms with Gasteiger partial charge in [0, 0.05) is 19.1 Å². The predicted molar refractivity (Wildman–Crippen MR) is 64.9 cm³/mol. The van der Waals surface area contributed by atoms with Gasteiger partial charge in [-0.1, -0.05) is 6.42 Å². The Labute approximate surface area is 98.4 Å². The third-order valence-electron chi connectivity index (χ3n) is 3.59. The number of hydrogen-bond acceptors (Lipinski definition) is 3. The molecule has 0 aliphatic carbocycles. The van der Waals surface area contributed by atoms with Crippen molar-refractivity contribution in [1.29, 1.82) is 0 Å². The Morgan fingerprint density at radius 1 is 1.19 bits per heavy atom. The second-order valence-corrected chi connectivity index (χ2v) is 6.95. The summed E-state index contributed by atoms with van der Waals surface area (Å²) >= 11 is 0. The van der Waals surface area contributed by atoms with Crippen molar-refractivity contribution in [3.63, 3.8) is 0 Å². The van der Waals surface area contributed by atoms with E-state index in [4.69, 9.17) is 0 Å². The minimum atomic E-state index is -2.92. The first-order chi connectivity index (χ1) is 7.68. The van der Waals surface area contributed by atoms with Crippen molar-refractivity contribution >= 4 is 10.0 Å². The summed E-state index contributed by atoms with van der Waals surface area (Å²) in [7, 11) is -2.92. The lowest BCUT2D eigenvalue weighted by Gasteiger charge is -2.29. The Hall–Kier alpha value is -0.130. The summed E-state index contributed by atoms with van der Waals surface area (Å²) in [6.45, 7) is 2.53. The van der Waals surface area contributed by atoms with Gasteiger partial charge in [0.05, 0.1) is 5.75 Å². The number of nitrogens with one attached hydrogen (secondary N) is 1. The maximum Gasteiger partial charge on any atom is 0.214 e. The Bertz CT molecular complexity index is 310. The molecule has 2 rings (SSSR count). The molecule has 0 aromatic rings. The van der Waals surface area contributed by atoms with Crippen LogP contribution in [0.3, 0.4) is 0 Å². The summed E-state index contributed by atoms with van der Waals surface area (Å²) < 4.78 is 25.2. The van der Waals surface area contributed by atoms with Gasteiger partial charge < -0.3 is 5.32 Å². The van der Waals surface area contributed by atoms with E-state index in [0.29, 0.717) is 18.3 Å². The predicted octanol–water partition coefficient (Wildman–Crippen LogP) is 0.944. The highest BCUT2D eigenvalue weighted by Crippen LogP contribution is 2.16. The van der Waals surface area contributed by atoms with E-state index < -0.39 is 10.0 Å². The minimum Gasteiger partial charge on any atom is -0.314 e. The van der Waals surface area contributed by atoms with Gasteiger partial charge in [-0.05, 0) is 38.6 Å². The average molecular weight is 246 g/mol. The molecule has 2 saturated heterocycles. The zero-order valence-corrected chi connectivity index (χ0v) is 10.6. The minimum absolute atomic E-state index is 0.352. The largest absolute Gasteiger partial charge is 0.314 e. The van der Waals surface area contributed by atoms with E-state index in [1.165, 1.54) is 19.3 Å². The fraction of sp³-hybridized carbons (Fsp3) is 1.00. The van der Waals surface area contributed by atoms with Crippen LogP contribution in [0.15, 0.2) is 0 Å². The standard InChI is InChI=1S/C11H22N2O2S/c14-16(15)10-4-3-8-13(16)9-6-11-5-1-2-7-12-11/h11-12H,1-10H2. The molecule has 94 valence electrons. The molecule has 1 N–H and O–H groups in total. The fourth-order valence-electron chi connectivity index (χ4n) is 2.56. The maximum absolute atomic E-state index is 11.8. The lowest BCUT2D eigenvalue weighted by molar-refractivity contribution is 0.323. The maximum atomic E-state index is 11.8. The van der Waals surface area contributed by atoms with Crippen LogP contribution in [0.4, 0.5) is 0 Å². The second-order valence-electron chi connectivity index (χ2n) is 4.86. The van der Waals surface area contributed by atoms with Crippen LogP contribution >= 0.6 is 0 Å². The third kappa shape index (κ3) is 3.18. The lowest BCUT2D eigenvalue weighted by Crippen LogP contribution is -2.42. The number of hydrogen-bond donors (Lipinski definition) is 1. The van der Waals surface area contributed by atoms with Gasteiger partial charge in [-0.2, -0.15) is 0 Å². The first-order valence-corrected chi connectivity index (χ1v) is 8.00. The van der Waals surface area contributed by atoms with Crippen LogP contribution in [0.5, 0.6) is 0 Å². The number of sulfonamides is 1. The van der Waals surface area contributed by atoms with Crippen molar-refractivity contribution in [1.82, 2.24) is 9.62 Å². The van der Waals surface area contributed by atoms with E-state index in [1.807, 2.05) is 0 Å². The first kappa shape index (κ1) is 12.3. The number of nitrogens with zero attached hydrogens (tertiary/aromatic N) is 1. The normalized spacial score (nSPS) is 31.4. The molecule has 5 heteroatoms. The quantitative estimate of drug-likeness (QED) is 0.806. The highest BCUT2D eigenvalue weighted by molar-refractivity contribution is 7.89. The fourth-order valence-corrected chi connectivity index (χ4v) is 4.18. The highest BCUT2D eigenvalue weighted by atomic mass is 32.2. The van der Waals surface area contributed by atoms with Gasteiger partial charge in [0.25, 0.3) is 0 Å². The molecule has 2 aliphatic rings. The first-order valence-electron chi connectivity index (χ1n) is 6.40. The van der Waals surface area contributed by atoms with Crippen molar-refractivity contribution in [2.45, 2.75) is 44.6 Å². The summed E-state index contributed by atoms with van der Waals surface area (Å²) in [4.78, 5) is 0. The van der Waals surface area contributed by atoms with Crippen LogP contribution in [0.2, 0.25) is 0 Å². The lowest BCUT2D eigenvalue weighted by atomic mass is 10.0. The highest BCUT2D eigenvalue weighted by Gasteiger charge is 2.26. The van der Waals surface area contributed by atoms with Gasteiger partial charge >= 0.3 is 0 Å². The molecule has 2 fully saturated rings. The van der Waals surface area contributed by atoms with E-state index in [2.05, 4.69) is 5.32 Å². The molecule has 4 nitrogen and oxygen atoms in total. The van der Waals surface area contributed by atoms with Crippen LogP contribution in [-0.2, 0) is 10.0 Å². The van der Waals surface area contributed by atoms with Gasteiger partial charge in [-0.3, -0.25) is 0 Å². The molecule has 2 heterocycles. The van der Waals surface area contributed by atoms with Crippen molar-refractivity contribution in [3.05, 3.63) is 0 Å². The van der Waals surface area contributed by atoms with E-state index in [9.17, 15) is 8.42 Å². The summed E-state index contributed by atoms with van der Waals surface area (Å²) in [6, 6.07) is 0.533. The monoisotopic (exact) mass is 246 g/mol. The third-order valence-corrected chi connectivity index (χ3v) is 5.55. The van der Waals surface area contributed by atoms with Crippen molar-refractivity contribution in [3.8, 4) is 0 Å². The molecule has 1 unspecified atom stereocenters. The summed E-state index contributed by atoms with van der Waals surface area (Å²) in [5.41, 5.74) is 0. The number of piperidine rings is 1. The van der Waals surface area contributed by atoms with Crippen molar-refractivity contribution in [2.75, 3.05) is 25.4 Å². The molecule has 2 aliphatic heterocycles. The molecule has 0 saturated carbocycles. The summed E-state index contributed by atoms with van der Waals surface area (Å²) in [5, 5.41) is 3.46. The molecule has 16 heavy (non-hydrogen) atoms. The zero-order chi connectivity index (χ0) is 11.4. The molecular weight excluding hydrogens is 224 g/mol. The van der Waals surface area contributed by atoms with Crippen molar-refractivity contribution < 1.29 is 8.42 Å². The van der Waals surface area contributed by atoms with Gasteiger partial charge in [0.2, 0.25) is 10.0 Å². The molecule has 0 aromatic carbocycles. The smallest absolute Gasteiger partial charge is 0.214 e. The van der Waals surface area contributed by atoms with E-state index >= 15 is 0 Å². The van der Waals surface area contributed by atoms with Crippen LogP contribution < -0.4 is 5.32 Å². The Balaban J connectivity index is 1.79. The van der Waals surface area contributed by atoms with E-state index in [1.54, 1.807) is 4.31 Å². The van der Waals surface area contributed by atoms with Gasteiger partial charge in [-0.15, -0.1) is 0 Å². The molecule has 1 atom stereocenters. The molecule has 0 aromatic heterocycles. The van der Waals surface area contributed by atoms with Crippen LogP contribution in [0.1, 0.15) is 38.5 Å². The number of rotatable bonds is 3. The Morgan fingerprint density at radius 3 is 2.75 bits per heavy atom. The molecule has 0 spiro atoms. The zero-order valence-electron chi connectivity index (χ0n) is 9.82. The molecule has 0 amide bonds. The molecular formula is C11H22N2O2S. The SMILES string of the molecule is O=S1(=O)CCCCN1CCC1CCCCN1. The van der Waals surface area contributed by atoms with Gasteiger partial charge in [0.15, 0.2) is 0 Å². The van der Waals surface area contributed by atoms with Gasteiger partial charge in [-0.25, -0.2) is 12.7 Å². The van der Waals surface area contributed by atoms with Crippen LogP contribution in [0.25, 0.3) is 0 Å². The Morgan fingerprint density at radius 2 is 2.06 bits per heavy atom. The summed E-state index contributed by atoms with van der Waals surface area (Å²) in [6.07, 6.45) is 6.58. The van der Waals surface area contributed by atoms with Crippen LogP contribution in [-0.4, -0.2) is 44.2 Å². The topological polar surface area (TPSA) is 49.4 Å². The van der Waals surface area contributed by atoms with E-state index in [0.717, 1.165) is 32.4 Å². The molecule has 0 bridgehead atoms. The van der Waals surface area contributed by atoms with Crippen LogP contribution in [0, 0.1) is 0 Å². The molecule has 0 radical (unpaired) electrons. The second kappa shape index (κ2) is 5.47. The Kier molecular flexibility index (Phi) is 4.21. The van der Waals surface area contributed by atoms with Gasteiger partial charge in [0.1, 0.15) is 0 Å².